The summed E-state index contributed by atoms with van der Waals surface area (Å²) in [4.78, 5) is 2.07. The number of β-amino-alcohol motifs (C(OH)–C–C–N with tert-alkyl or cyclic N) is 1. The Bertz CT molecular complexity index is 1070. The zero-order valence-corrected chi connectivity index (χ0v) is 18.6. The third-order valence-corrected chi connectivity index (χ3v) is 7.76. The molecule has 1 fully saturated rings. The van der Waals surface area contributed by atoms with E-state index in [2.05, 4.69) is 4.90 Å². The van der Waals surface area contributed by atoms with Crippen LogP contribution in [-0.2, 0) is 22.0 Å². The van der Waals surface area contributed by atoms with Crippen LogP contribution in [0.2, 0.25) is 0 Å². The van der Waals surface area contributed by atoms with Gasteiger partial charge in [-0.1, -0.05) is 30.3 Å². The van der Waals surface area contributed by atoms with Crippen LogP contribution in [0.5, 0.6) is 0 Å². The van der Waals surface area contributed by atoms with E-state index in [-0.39, 0.29) is 6.04 Å². The number of benzene rings is 2. The second kappa shape index (κ2) is 8.16. The van der Waals surface area contributed by atoms with E-state index in [4.69, 9.17) is 0 Å². The van der Waals surface area contributed by atoms with E-state index in [0.29, 0.717) is 50.1 Å². The van der Waals surface area contributed by atoms with Crippen molar-refractivity contribution in [2.45, 2.75) is 43.9 Å². The molecule has 0 aromatic heterocycles. The minimum Gasteiger partial charge on any atom is -0.387 e. The molecule has 1 saturated heterocycles. The van der Waals surface area contributed by atoms with E-state index >= 15 is 0 Å². The molecule has 2 aromatic rings. The van der Waals surface area contributed by atoms with E-state index in [1.807, 2.05) is 13.0 Å². The topological polar surface area (TPSA) is 81.1 Å². The van der Waals surface area contributed by atoms with E-state index in [9.17, 15) is 23.0 Å². The van der Waals surface area contributed by atoms with Gasteiger partial charge >= 0.3 is 0 Å². The molecule has 2 aliphatic rings. The van der Waals surface area contributed by atoms with Gasteiger partial charge in [0, 0.05) is 31.2 Å². The molecule has 31 heavy (non-hydrogen) atoms. The first-order chi connectivity index (χ1) is 14.6. The van der Waals surface area contributed by atoms with Crippen LogP contribution >= 0.6 is 0 Å². The Morgan fingerprint density at radius 3 is 2.52 bits per heavy atom. The van der Waals surface area contributed by atoms with Crippen LogP contribution in [-0.4, -0.2) is 55.5 Å². The normalized spacial score (nSPS) is 22.4. The van der Waals surface area contributed by atoms with Gasteiger partial charge < -0.3 is 15.1 Å². The van der Waals surface area contributed by atoms with Crippen LogP contribution in [0.1, 0.15) is 42.6 Å². The number of rotatable bonds is 5. The highest BCUT2D eigenvalue weighted by Crippen LogP contribution is 2.37. The molecule has 2 atom stereocenters. The number of piperidine rings is 1. The highest BCUT2D eigenvalue weighted by atomic mass is 32.2. The van der Waals surface area contributed by atoms with Crippen molar-refractivity contribution < 1.29 is 23.0 Å². The lowest BCUT2D eigenvalue weighted by atomic mass is 9.84. The molecule has 4 rings (SSSR count). The van der Waals surface area contributed by atoms with Crippen LogP contribution < -0.4 is 4.31 Å². The minimum atomic E-state index is -3.35. The molecule has 168 valence electrons. The van der Waals surface area contributed by atoms with Crippen molar-refractivity contribution in [1.82, 2.24) is 4.90 Å². The van der Waals surface area contributed by atoms with Crippen molar-refractivity contribution >= 4 is 15.7 Å². The number of aliphatic hydroxyl groups is 2. The smallest absolute Gasteiger partial charge is 0.232 e. The largest absolute Gasteiger partial charge is 0.387 e. The highest BCUT2D eigenvalue weighted by molar-refractivity contribution is 7.92. The van der Waals surface area contributed by atoms with Crippen molar-refractivity contribution in [1.29, 1.82) is 0 Å². The van der Waals surface area contributed by atoms with E-state index in [0.717, 1.165) is 11.1 Å². The molecule has 0 unspecified atom stereocenters. The minimum absolute atomic E-state index is 0.143. The van der Waals surface area contributed by atoms with Crippen LogP contribution in [0, 0.1) is 5.82 Å². The van der Waals surface area contributed by atoms with Gasteiger partial charge in [-0.05, 0) is 49.4 Å². The molecule has 0 spiro atoms. The molecular formula is C23H29FN2O4S. The van der Waals surface area contributed by atoms with Gasteiger partial charge in [-0.15, -0.1) is 0 Å². The zero-order valence-electron chi connectivity index (χ0n) is 17.8. The molecule has 2 aromatic carbocycles. The molecule has 0 saturated carbocycles. The number of hydrogen-bond donors (Lipinski definition) is 2. The Balaban J connectivity index is 1.42. The summed E-state index contributed by atoms with van der Waals surface area (Å²) < 4.78 is 39.7. The molecule has 8 heteroatoms. The molecule has 2 heterocycles. The third kappa shape index (κ3) is 4.35. The predicted molar refractivity (Wildman–Crippen MR) is 118 cm³/mol. The Kier molecular flexibility index (Phi) is 5.85. The fourth-order valence-corrected chi connectivity index (χ4v) is 6.16. The van der Waals surface area contributed by atoms with Gasteiger partial charge in [0.25, 0.3) is 0 Å². The quantitative estimate of drug-likeness (QED) is 0.735. The number of nitrogens with zero attached hydrogens (tertiary/aromatic N) is 2. The van der Waals surface area contributed by atoms with E-state index in [1.54, 1.807) is 30.3 Å². The number of fused-ring (bicyclic) bond motifs is 1. The van der Waals surface area contributed by atoms with Crippen molar-refractivity contribution in [3.05, 3.63) is 65.0 Å². The Hall–Kier alpha value is -2.00. The number of sulfonamides is 1. The van der Waals surface area contributed by atoms with Crippen molar-refractivity contribution in [3.8, 4) is 0 Å². The molecule has 6 nitrogen and oxygen atoms in total. The molecule has 2 aliphatic heterocycles. The SMILES string of the molecule is C[C@H]1Cc2cc([C@H](O)CN3CCC(O)(c4ccccc4F)CC3)ccc2N1S(C)(=O)=O. The van der Waals surface area contributed by atoms with Crippen molar-refractivity contribution in [2.24, 2.45) is 0 Å². The predicted octanol–water partition coefficient (Wildman–Crippen LogP) is 2.55. The number of anilines is 1. The number of aliphatic hydroxyl groups excluding tert-OH is 1. The molecular weight excluding hydrogens is 419 g/mol. The highest BCUT2D eigenvalue weighted by Gasteiger charge is 2.37. The van der Waals surface area contributed by atoms with Crippen LogP contribution in [0.25, 0.3) is 0 Å². The van der Waals surface area contributed by atoms with Gasteiger partial charge in [-0.25, -0.2) is 12.8 Å². The van der Waals surface area contributed by atoms with Gasteiger partial charge in [0.1, 0.15) is 5.82 Å². The summed E-state index contributed by atoms with van der Waals surface area (Å²) in [5.41, 5.74) is 1.49. The summed E-state index contributed by atoms with van der Waals surface area (Å²) in [5.74, 6) is -0.394. The number of likely N-dealkylation sites (tertiary alicyclic amines) is 1. The lowest BCUT2D eigenvalue weighted by Crippen LogP contribution is -2.44. The van der Waals surface area contributed by atoms with Crippen molar-refractivity contribution in [3.63, 3.8) is 0 Å². The molecule has 2 N–H and O–H groups in total. The lowest BCUT2D eigenvalue weighted by molar-refractivity contribution is -0.0367. The molecule has 0 bridgehead atoms. The van der Waals surface area contributed by atoms with Gasteiger partial charge in [0.2, 0.25) is 10.0 Å². The third-order valence-electron chi connectivity index (χ3n) is 6.49. The van der Waals surface area contributed by atoms with Crippen LogP contribution in [0.3, 0.4) is 0 Å². The average molecular weight is 449 g/mol. The van der Waals surface area contributed by atoms with Crippen LogP contribution in [0.4, 0.5) is 10.1 Å². The fourth-order valence-electron chi connectivity index (χ4n) is 4.90. The molecule has 0 aliphatic carbocycles. The Labute approximate surface area is 183 Å². The Morgan fingerprint density at radius 1 is 1.19 bits per heavy atom. The summed E-state index contributed by atoms with van der Waals surface area (Å²) in [6, 6.07) is 11.6. The van der Waals surface area contributed by atoms with Crippen molar-refractivity contribution in [2.75, 3.05) is 30.2 Å². The second-order valence-corrected chi connectivity index (χ2v) is 10.7. The Morgan fingerprint density at radius 2 is 1.87 bits per heavy atom. The van der Waals surface area contributed by atoms with Gasteiger partial charge in [0.05, 0.1) is 23.6 Å². The second-order valence-electron chi connectivity index (χ2n) is 8.83. The summed E-state index contributed by atoms with van der Waals surface area (Å²) in [7, 11) is -3.35. The molecule has 0 radical (unpaired) electrons. The van der Waals surface area contributed by atoms with Crippen LogP contribution in [0.15, 0.2) is 42.5 Å². The summed E-state index contributed by atoms with van der Waals surface area (Å²) >= 11 is 0. The van der Waals surface area contributed by atoms with Gasteiger partial charge in [0.15, 0.2) is 0 Å². The summed E-state index contributed by atoms with van der Waals surface area (Å²) in [5, 5.41) is 21.7. The monoisotopic (exact) mass is 448 g/mol. The van der Waals surface area contributed by atoms with Gasteiger partial charge in [-0.2, -0.15) is 0 Å². The zero-order chi connectivity index (χ0) is 22.4. The summed E-state index contributed by atoms with van der Waals surface area (Å²) in [6.07, 6.45) is 1.88. The number of halogens is 1. The van der Waals surface area contributed by atoms with Gasteiger partial charge in [-0.3, -0.25) is 4.31 Å². The fraction of sp³-hybridized carbons (Fsp3) is 0.478. The first-order valence-electron chi connectivity index (χ1n) is 10.6. The maximum atomic E-state index is 14.1. The number of hydrogen-bond acceptors (Lipinski definition) is 5. The first-order valence-corrected chi connectivity index (χ1v) is 12.4. The van der Waals surface area contributed by atoms with E-state index in [1.165, 1.54) is 16.6 Å². The maximum absolute atomic E-state index is 14.1. The average Bonchev–Trinajstić information content (AvgIpc) is 3.05. The molecule has 0 amide bonds. The summed E-state index contributed by atoms with van der Waals surface area (Å²) in [6.45, 7) is 3.37. The standard InChI is InChI=1S/C23H29FN2O4S/c1-16-13-18-14-17(7-8-21(18)26(16)31(2,29)30)22(27)15-25-11-9-23(28,10-12-25)19-5-3-4-6-20(19)24/h3-8,14,16,22,27-28H,9-13,15H2,1-2H3/t16-,22+/m0/s1. The lowest BCUT2D eigenvalue weighted by Gasteiger charge is -2.39. The maximum Gasteiger partial charge on any atom is 0.232 e. The first kappa shape index (κ1) is 22.2. The van der Waals surface area contributed by atoms with E-state index < -0.39 is 27.5 Å².